The van der Waals surface area contributed by atoms with Gasteiger partial charge in [0, 0.05) is 44.6 Å². The Kier molecular flexibility index (Phi) is 6.46. The van der Waals surface area contributed by atoms with Crippen molar-refractivity contribution in [2.75, 3.05) is 9.80 Å². The number of fused-ring (bicyclic) bond motifs is 6. The van der Waals surface area contributed by atoms with Gasteiger partial charge in [-0.1, -0.05) is 103 Å². The van der Waals surface area contributed by atoms with E-state index in [0.717, 1.165) is 61.4 Å². The number of hydrogen-bond acceptors (Lipinski definition) is 3. The maximum atomic E-state index is 6.35. The molecular weight excluding hydrogens is 572 g/mol. The van der Waals surface area contributed by atoms with Crippen LogP contribution in [0.4, 0.5) is 34.1 Å². The number of nitrogens with zero attached hydrogens (tertiary/aromatic N) is 2. The highest BCUT2D eigenvalue weighted by Crippen LogP contribution is 2.45. The molecule has 47 heavy (non-hydrogen) atoms. The van der Waals surface area contributed by atoms with Crippen LogP contribution in [0.5, 0.6) is 0 Å². The van der Waals surface area contributed by atoms with Crippen LogP contribution in [-0.4, -0.2) is 0 Å². The van der Waals surface area contributed by atoms with Gasteiger partial charge in [-0.3, -0.25) is 0 Å². The van der Waals surface area contributed by atoms with Gasteiger partial charge >= 0.3 is 0 Å². The van der Waals surface area contributed by atoms with Crippen LogP contribution in [0.2, 0.25) is 0 Å². The minimum Gasteiger partial charge on any atom is -0.456 e. The monoisotopic (exact) mass is 602 g/mol. The summed E-state index contributed by atoms with van der Waals surface area (Å²) >= 11 is 0. The fourth-order valence-electron chi connectivity index (χ4n) is 6.87. The molecule has 0 saturated heterocycles. The molecule has 8 aromatic carbocycles. The zero-order valence-electron chi connectivity index (χ0n) is 25.6. The minimum absolute atomic E-state index is 0.898. The predicted molar refractivity (Wildman–Crippen MR) is 198 cm³/mol. The second-order valence-electron chi connectivity index (χ2n) is 11.8. The van der Waals surface area contributed by atoms with E-state index < -0.39 is 0 Å². The fraction of sp³-hybridized carbons (Fsp3) is 0. The van der Waals surface area contributed by atoms with Crippen LogP contribution in [0.15, 0.2) is 186 Å². The highest BCUT2D eigenvalue weighted by atomic mass is 16.3. The molecule has 0 spiro atoms. The summed E-state index contributed by atoms with van der Waals surface area (Å²) in [6, 6.07) is 64.4. The van der Waals surface area contributed by atoms with E-state index in [1.165, 1.54) is 16.2 Å². The van der Waals surface area contributed by atoms with Crippen molar-refractivity contribution in [1.82, 2.24) is 0 Å². The van der Waals surface area contributed by atoms with Crippen LogP contribution in [0.1, 0.15) is 0 Å². The lowest BCUT2D eigenvalue weighted by Crippen LogP contribution is -2.13. The highest BCUT2D eigenvalue weighted by molar-refractivity contribution is 6.20. The van der Waals surface area contributed by atoms with Crippen LogP contribution in [0.25, 0.3) is 43.5 Å². The second-order valence-corrected chi connectivity index (χ2v) is 11.8. The first-order chi connectivity index (χ1) is 23.3. The van der Waals surface area contributed by atoms with Crippen LogP contribution >= 0.6 is 0 Å². The lowest BCUT2D eigenvalue weighted by atomic mass is 9.97. The average molecular weight is 603 g/mol. The topological polar surface area (TPSA) is 19.6 Å². The van der Waals surface area contributed by atoms with Crippen LogP contribution < -0.4 is 9.80 Å². The molecule has 9 rings (SSSR count). The molecule has 0 radical (unpaired) electrons. The molecule has 0 bridgehead atoms. The first-order valence-electron chi connectivity index (χ1n) is 15.9. The van der Waals surface area contributed by atoms with Crippen LogP contribution in [0, 0.1) is 0 Å². The van der Waals surface area contributed by atoms with E-state index in [1.807, 2.05) is 12.1 Å². The molecule has 0 aliphatic carbocycles. The Bertz CT molecular complexity index is 2480. The molecule has 0 fully saturated rings. The summed E-state index contributed by atoms with van der Waals surface area (Å²) in [5.74, 6) is 0. The Morgan fingerprint density at radius 1 is 0.298 bits per heavy atom. The summed E-state index contributed by atoms with van der Waals surface area (Å²) in [5.41, 5.74) is 8.36. The van der Waals surface area contributed by atoms with Gasteiger partial charge in [-0.2, -0.15) is 0 Å². The minimum atomic E-state index is 0.898. The molecule has 3 heteroatoms. The van der Waals surface area contributed by atoms with E-state index in [1.54, 1.807) is 0 Å². The SMILES string of the molecule is c1ccc(N(c2ccccc2)c2cccc(N(c3ccccc3)c3cc4cc5oc6ccccc6c5cc4c4ccccc34)c2)cc1. The van der Waals surface area contributed by atoms with E-state index in [9.17, 15) is 0 Å². The third-order valence-electron chi connectivity index (χ3n) is 8.96. The molecule has 0 unspecified atom stereocenters. The van der Waals surface area contributed by atoms with Crippen LogP contribution in [-0.2, 0) is 0 Å². The smallest absolute Gasteiger partial charge is 0.136 e. The number of anilines is 6. The molecule has 9 aromatic rings. The fourth-order valence-corrected chi connectivity index (χ4v) is 6.87. The lowest BCUT2D eigenvalue weighted by molar-refractivity contribution is 0.669. The third kappa shape index (κ3) is 4.68. The summed E-state index contributed by atoms with van der Waals surface area (Å²) in [5, 5.41) is 7.02. The Hall–Kier alpha value is -6.32. The van der Waals surface area contributed by atoms with Crippen molar-refractivity contribution in [3.63, 3.8) is 0 Å². The van der Waals surface area contributed by atoms with Crippen molar-refractivity contribution in [2.24, 2.45) is 0 Å². The van der Waals surface area contributed by atoms with Crippen molar-refractivity contribution in [3.8, 4) is 0 Å². The third-order valence-corrected chi connectivity index (χ3v) is 8.96. The van der Waals surface area contributed by atoms with Crippen molar-refractivity contribution < 1.29 is 4.42 Å². The standard InChI is InChI=1S/C44H30N2O/c1-4-15-32(16-5-1)45(33-17-6-2-7-18-33)35-21-14-22-36(29-35)46(34-19-8-3-9-20-34)42-27-31-28-44-41(39-25-12-13-26-43(39)47-44)30-40(31)37-23-10-11-24-38(37)42/h1-30H. The number of hydrogen-bond donors (Lipinski definition) is 0. The first-order valence-corrected chi connectivity index (χ1v) is 15.9. The number of benzene rings is 8. The highest BCUT2D eigenvalue weighted by Gasteiger charge is 2.20. The van der Waals surface area contributed by atoms with Crippen molar-refractivity contribution >= 4 is 77.6 Å². The maximum absolute atomic E-state index is 6.35. The molecule has 0 aliphatic rings. The molecule has 1 heterocycles. The lowest BCUT2D eigenvalue weighted by Gasteiger charge is -2.30. The largest absolute Gasteiger partial charge is 0.456 e. The number of para-hydroxylation sites is 4. The molecule has 0 aliphatic heterocycles. The van der Waals surface area contributed by atoms with Gasteiger partial charge in [0.25, 0.3) is 0 Å². The van der Waals surface area contributed by atoms with E-state index in [-0.39, 0.29) is 0 Å². The Morgan fingerprint density at radius 3 is 1.47 bits per heavy atom. The van der Waals surface area contributed by atoms with Gasteiger partial charge in [0.1, 0.15) is 11.2 Å². The van der Waals surface area contributed by atoms with Gasteiger partial charge < -0.3 is 14.2 Å². The van der Waals surface area contributed by atoms with Gasteiger partial charge in [-0.15, -0.1) is 0 Å². The van der Waals surface area contributed by atoms with Gasteiger partial charge in [-0.05, 0) is 95.0 Å². The molecule has 0 atom stereocenters. The van der Waals surface area contributed by atoms with Gasteiger partial charge in [0.15, 0.2) is 0 Å². The van der Waals surface area contributed by atoms with Gasteiger partial charge in [0.2, 0.25) is 0 Å². The normalized spacial score (nSPS) is 11.4. The maximum Gasteiger partial charge on any atom is 0.136 e. The molecule has 222 valence electrons. The molecule has 3 nitrogen and oxygen atoms in total. The van der Waals surface area contributed by atoms with Crippen molar-refractivity contribution in [3.05, 3.63) is 182 Å². The average Bonchev–Trinajstić information content (AvgIpc) is 3.50. The quantitative estimate of drug-likeness (QED) is 0.177. The van der Waals surface area contributed by atoms with Gasteiger partial charge in [-0.25, -0.2) is 0 Å². The summed E-state index contributed by atoms with van der Waals surface area (Å²) in [6.45, 7) is 0. The van der Waals surface area contributed by atoms with E-state index in [0.29, 0.717) is 0 Å². The number of furan rings is 1. The van der Waals surface area contributed by atoms with E-state index >= 15 is 0 Å². The number of rotatable bonds is 6. The molecule has 0 N–H and O–H groups in total. The van der Waals surface area contributed by atoms with E-state index in [4.69, 9.17) is 4.42 Å². The van der Waals surface area contributed by atoms with Gasteiger partial charge in [0.05, 0.1) is 5.69 Å². The molecular formula is C44H30N2O. The summed E-state index contributed by atoms with van der Waals surface area (Å²) in [6.07, 6.45) is 0. The van der Waals surface area contributed by atoms with Crippen molar-refractivity contribution in [1.29, 1.82) is 0 Å². The molecule has 0 amide bonds. The summed E-state index contributed by atoms with van der Waals surface area (Å²) < 4.78 is 6.35. The molecule has 0 saturated carbocycles. The Labute approximate surface area is 273 Å². The summed E-state index contributed by atoms with van der Waals surface area (Å²) in [4.78, 5) is 4.69. The predicted octanol–water partition coefficient (Wildman–Crippen LogP) is 12.8. The molecule has 1 aromatic heterocycles. The van der Waals surface area contributed by atoms with Crippen molar-refractivity contribution in [2.45, 2.75) is 0 Å². The van der Waals surface area contributed by atoms with Crippen LogP contribution in [0.3, 0.4) is 0 Å². The summed E-state index contributed by atoms with van der Waals surface area (Å²) in [7, 11) is 0. The second kappa shape index (κ2) is 11.2. The first kappa shape index (κ1) is 27.0. The van der Waals surface area contributed by atoms with E-state index in [2.05, 4.69) is 180 Å². The Balaban J connectivity index is 1.29. The zero-order valence-corrected chi connectivity index (χ0v) is 25.6. The zero-order chi connectivity index (χ0) is 31.2. The Morgan fingerprint density at radius 2 is 0.809 bits per heavy atom.